The van der Waals surface area contributed by atoms with Gasteiger partial charge < -0.3 is 5.32 Å². The normalized spacial score (nSPS) is 15.2. The van der Waals surface area contributed by atoms with Crippen molar-refractivity contribution in [3.8, 4) is 0 Å². The number of piperidine rings is 1. The van der Waals surface area contributed by atoms with Crippen molar-refractivity contribution >= 4 is 22.5 Å². The highest BCUT2D eigenvalue weighted by Gasteiger charge is 2.13. The molecule has 0 spiro atoms. The third-order valence-corrected chi connectivity index (χ3v) is 4.90. The van der Waals surface area contributed by atoms with E-state index < -0.39 is 0 Å². The Hall–Kier alpha value is -1.99. The quantitative estimate of drug-likeness (QED) is 0.873. The smallest absolute Gasteiger partial charge is 0.321 e. The van der Waals surface area contributed by atoms with Crippen molar-refractivity contribution in [3.05, 3.63) is 40.4 Å². The van der Waals surface area contributed by atoms with Crippen molar-refractivity contribution < 1.29 is 4.79 Å². The number of amides is 2. The van der Waals surface area contributed by atoms with Crippen LogP contribution in [-0.4, -0.2) is 34.2 Å². The number of hydrogen-bond acceptors (Lipinski definition) is 5. The lowest BCUT2D eigenvalue weighted by Gasteiger charge is -2.27. The first-order valence-corrected chi connectivity index (χ1v) is 9.16. The number of urea groups is 1. The second-order valence-electron chi connectivity index (χ2n) is 6.04. The summed E-state index contributed by atoms with van der Waals surface area (Å²) in [4.78, 5) is 14.5. The Labute approximate surface area is 146 Å². The fraction of sp³-hybridized carbons (Fsp3) is 0.471. The van der Waals surface area contributed by atoms with Crippen molar-refractivity contribution in [3.63, 3.8) is 0 Å². The molecule has 0 radical (unpaired) electrons. The Bertz CT molecular complexity index is 681. The molecule has 2 amide bonds. The molecule has 2 heterocycles. The first-order valence-electron chi connectivity index (χ1n) is 8.35. The van der Waals surface area contributed by atoms with Gasteiger partial charge in [-0.2, -0.15) is 0 Å². The zero-order chi connectivity index (χ0) is 16.8. The highest BCUT2D eigenvalue weighted by atomic mass is 32.1. The number of aryl methyl sites for hydroxylation is 1. The monoisotopic (exact) mass is 345 g/mol. The lowest BCUT2D eigenvalue weighted by Crippen LogP contribution is -2.31. The van der Waals surface area contributed by atoms with Gasteiger partial charge in [0.25, 0.3) is 0 Å². The number of aromatic nitrogens is 2. The summed E-state index contributed by atoms with van der Waals surface area (Å²) in [6.07, 6.45) is 3.90. The number of carbonyl (C=O) groups is 1. The van der Waals surface area contributed by atoms with E-state index >= 15 is 0 Å². The predicted octanol–water partition coefficient (Wildman–Crippen LogP) is 3.15. The van der Waals surface area contributed by atoms with Crippen molar-refractivity contribution in [2.24, 2.45) is 0 Å². The molecule has 0 saturated carbocycles. The lowest BCUT2D eigenvalue weighted by molar-refractivity contribution is 0.220. The van der Waals surface area contributed by atoms with Crippen LogP contribution >= 0.6 is 11.3 Å². The number of nitrogens with one attached hydrogen (secondary N) is 2. The molecule has 3 rings (SSSR count). The summed E-state index contributed by atoms with van der Waals surface area (Å²) in [5.41, 5.74) is 2.44. The molecule has 1 aromatic carbocycles. The molecule has 6 nitrogen and oxygen atoms in total. The maximum absolute atomic E-state index is 12.0. The predicted molar refractivity (Wildman–Crippen MR) is 96.1 cm³/mol. The maximum Gasteiger partial charge on any atom is 0.321 e. The van der Waals surface area contributed by atoms with Crippen LogP contribution in [0, 0.1) is 6.92 Å². The zero-order valence-electron chi connectivity index (χ0n) is 13.9. The lowest BCUT2D eigenvalue weighted by atomic mass is 10.0. The van der Waals surface area contributed by atoms with Gasteiger partial charge in [0.2, 0.25) is 5.13 Å². The third-order valence-electron chi connectivity index (χ3n) is 4.15. The summed E-state index contributed by atoms with van der Waals surface area (Å²) < 4.78 is 0. The fourth-order valence-corrected chi connectivity index (χ4v) is 3.49. The van der Waals surface area contributed by atoms with E-state index in [1.54, 1.807) is 0 Å². The van der Waals surface area contributed by atoms with Gasteiger partial charge in [0, 0.05) is 13.1 Å². The van der Waals surface area contributed by atoms with Gasteiger partial charge in [0.05, 0.1) is 0 Å². The molecule has 1 aromatic heterocycles. The zero-order valence-corrected chi connectivity index (χ0v) is 14.7. The molecule has 1 saturated heterocycles. The first kappa shape index (κ1) is 16.9. The van der Waals surface area contributed by atoms with E-state index in [1.807, 2.05) is 13.0 Å². The van der Waals surface area contributed by atoms with E-state index in [0.29, 0.717) is 11.7 Å². The molecule has 2 aromatic rings. The molecule has 1 aliphatic heterocycles. The summed E-state index contributed by atoms with van der Waals surface area (Å²) in [5.74, 6) is 0. The van der Waals surface area contributed by atoms with Crippen LogP contribution in [0.15, 0.2) is 24.3 Å². The van der Waals surface area contributed by atoms with Gasteiger partial charge in [0.1, 0.15) is 5.01 Å². The van der Waals surface area contributed by atoms with Crippen LogP contribution in [0.25, 0.3) is 0 Å². The largest absolute Gasteiger partial charge is 0.334 e. The first-order chi connectivity index (χ1) is 11.7. The number of carbonyl (C=O) groups excluding carboxylic acids is 1. The molecule has 2 N–H and O–H groups in total. The van der Waals surface area contributed by atoms with Gasteiger partial charge >= 0.3 is 6.03 Å². The van der Waals surface area contributed by atoms with E-state index in [2.05, 4.69) is 43.9 Å². The van der Waals surface area contributed by atoms with Crippen LogP contribution in [0.1, 0.15) is 35.4 Å². The van der Waals surface area contributed by atoms with E-state index in [-0.39, 0.29) is 6.03 Å². The molecular formula is C17H23N5OS. The fourth-order valence-electron chi connectivity index (χ4n) is 2.91. The highest BCUT2D eigenvalue weighted by Crippen LogP contribution is 2.16. The van der Waals surface area contributed by atoms with Crippen LogP contribution < -0.4 is 10.6 Å². The molecule has 0 atom stereocenters. The van der Waals surface area contributed by atoms with Gasteiger partial charge in [-0.15, -0.1) is 10.2 Å². The van der Waals surface area contributed by atoms with E-state index in [0.717, 1.165) is 17.1 Å². The average Bonchev–Trinajstić information content (AvgIpc) is 3.00. The molecule has 0 aliphatic carbocycles. The van der Waals surface area contributed by atoms with E-state index in [1.165, 1.54) is 49.3 Å². The Balaban J connectivity index is 1.55. The minimum absolute atomic E-state index is 0.251. The summed E-state index contributed by atoms with van der Waals surface area (Å²) in [6, 6.07) is 8.06. The third kappa shape index (κ3) is 4.75. The topological polar surface area (TPSA) is 70.1 Å². The van der Waals surface area contributed by atoms with Crippen LogP contribution in [0.3, 0.4) is 0 Å². The number of rotatable bonds is 5. The minimum Gasteiger partial charge on any atom is -0.334 e. The molecule has 128 valence electrons. The molecule has 7 heteroatoms. The van der Waals surface area contributed by atoms with Crippen LogP contribution in [0.2, 0.25) is 0 Å². The van der Waals surface area contributed by atoms with E-state index in [9.17, 15) is 4.79 Å². The molecule has 1 aliphatic rings. The van der Waals surface area contributed by atoms with Crippen molar-refractivity contribution in [2.45, 2.75) is 39.3 Å². The Morgan fingerprint density at radius 3 is 2.62 bits per heavy atom. The van der Waals surface area contributed by atoms with Crippen LogP contribution in [-0.2, 0) is 13.1 Å². The number of nitrogens with zero attached hydrogens (tertiary/aromatic N) is 3. The number of likely N-dealkylation sites (tertiary alicyclic amines) is 1. The van der Waals surface area contributed by atoms with Gasteiger partial charge in [-0.05, 0) is 44.0 Å². The molecule has 1 fully saturated rings. The van der Waals surface area contributed by atoms with Gasteiger partial charge in [-0.25, -0.2) is 4.79 Å². The SMILES string of the molecule is Cc1nnc(NC(=O)NCc2ccccc2CN2CCCCC2)s1. The second kappa shape index (κ2) is 8.21. The Morgan fingerprint density at radius 2 is 1.92 bits per heavy atom. The van der Waals surface area contributed by atoms with Crippen molar-refractivity contribution in [1.29, 1.82) is 0 Å². The number of benzene rings is 1. The van der Waals surface area contributed by atoms with Gasteiger partial charge in [-0.1, -0.05) is 42.0 Å². The maximum atomic E-state index is 12.0. The standard InChI is InChI=1S/C17H23N5OS/c1-13-20-21-17(24-13)19-16(23)18-11-14-7-3-4-8-15(14)12-22-9-5-2-6-10-22/h3-4,7-8H,2,5-6,9-12H2,1H3,(H2,18,19,21,23). The number of anilines is 1. The number of hydrogen-bond donors (Lipinski definition) is 2. The minimum atomic E-state index is -0.251. The van der Waals surface area contributed by atoms with Gasteiger partial charge in [0.15, 0.2) is 0 Å². The van der Waals surface area contributed by atoms with Crippen molar-refractivity contribution in [2.75, 3.05) is 18.4 Å². The highest BCUT2D eigenvalue weighted by molar-refractivity contribution is 7.15. The summed E-state index contributed by atoms with van der Waals surface area (Å²) in [5, 5.41) is 14.8. The summed E-state index contributed by atoms with van der Waals surface area (Å²) >= 11 is 1.36. The van der Waals surface area contributed by atoms with E-state index in [4.69, 9.17) is 0 Å². The van der Waals surface area contributed by atoms with Crippen LogP contribution in [0.5, 0.6) is 0 Å². The molecule has 0 unspecified atom stereocenters. The summed E-state index contributed by atoms with van der Waals surface area (Å²) in [6.45, 7) is 5.65. The summed E-state index contributed by atoms with van der Waals surface area (Å²) in [7, 11) is 0. The second-order valence-corrected chi connectivity index (χ2v) is 7.22. The Morgan fingerprint density at radius 1 is 1.17 bits per heavy atom. The van der Waals surface area contributed by atoms with Crippen LogP contribution in [0.4, 0.5) is 9.93 Å². The Kier molecular flexibility index (Phi) is 5.77. The molecule has 0 bridgehead atoms. The molecular weight excluding hydrogens is 322 g/mol. The van der Waals surface area contributed by atoms with Crippen molar-refractivity contribution in [1.82, 2.24) is 20.4 Å². The molecule has 24 heavy (non-hydrogen) atoms. The van der Waals surface area contributed by atoms with Gasteiger partial charge in [-0.3, -0.25) is 10.2 Å². The average molecular weight is 345 g/mol.